The number of amides is 1. The SMILES string of the molecule is CNC1CCN(C(=O)c2cc3c(s2)CCCCCC3)CC1. The van der Waals surface area contributed by atoms with E-state index >= 15 is 0 Å². The average molecular weight is 306 g/mol. The molecule has 0 bridgehead atoms. The van der Waals surface area contributed by atoms with Gasteiger partial charge < -0.3 is 10.2 Å². The molecule has 1 aliphatic carbocycles. The molecule has 1 aliphatic heterocycles. The molecule has 0 saturated carbocycles. The maximum Gasteiger partial charge on any atom is 0.263 e. The van der Waals surface area contributed by atoms with Gasteiger partial charge in [-0.2, -0.15) is 0 Å². The van der Waals surface area contributed by atoms with Gasteiger partial charge in [0, 0.05) is 24.0 Å². The van der Waals surface area contributed by atoms with E-state index in [1.54, 1.807) is 11.3 Å². The lowest BCUT2D eigenvalue weighted by molar-refractivity contribution is 0.0712. The van der Waals surface area contributed by atoms with E-state index in [-0.39, 0.29) is 5.91 Å². The van der Waals surface area contributed by atoms with E-state index in [2.05, 4.69) is 11.4 Å². The number of piperidine rings is 1. The molecule has 0 aromatic carbocycles. The molecular weight excluding hydrogens is 280 g/mol. The first kappa shape index (κ1) is 15.0. The Morgan fingerprint density at radius 3 is 2.62 bits per heavy atom. The summed E-state index contributed by atoms with van der Waals surface area (Å²) in [4.78, 5) is 17.2. The zero-order chi connectivity index (χ0) is 14.7. The van der Waals surface area contributed by atoms with Crippen molar-refractivity contribution in [2.75, 3.05) is 20.1 Å². The van der Waals surface area contributed by atoms with Crippen LogP contribution in [0.1, 0.15) is 58.6 Å². The van der Waals surface area contributed by atoms with Gasteiger partial charge >= 0.3 is 0 Å². The molecule has 3 nitrogen and oxygen atoms in total. The number of likely N-dealkylation sites (tertiary alicyclic amines) is 1. The minimum atomic E-state index is 0.265. The monoisotopic (exact) mass is 306 g/mol. The van der Waals surface area contributed by atoms with Crippen LogP contribution in [0.25, 0.3) is 0 Å². The van der Waals surface area contributed by atoms with Gasteiger partial charge in [0.25, 0.3) is 5.91 Å². The second kappa shape index (κ2) is 6.93. The van der Waals surface area contributed by atoms with Crippen LogP contribution >= 0.6 is 11.3 Å². The van der Waals surface area contributed by atoms with Gasteiger partial charge in [-0.15, -0.1) is 11.3 Å². The Hall–Kier alpha value is -0.870. The van der Waals surface area contributed by atoms with Crippen molar-refractivity contribution in [2.45, 2.75) is 57.4 Å². The molecular formula is C17H26N2OS. The highest BCUT2D eigenvalue weighted by Gasteiger charge is 2.25. The molecule has 0 atom stereocenters. The molecule has 1 amide bonds. The molecule has 21 heavy (non-hydrogen) atoms. The predicted molar refractivity (Wildman–Crippen MR) is 88.2 cm³/mol. The van der Waals surface area contributed by atoms with Crippen molar-refractivity contribution in [1.82, 2.24) is 10.2 Å². The molecule has 1 aromatic heterocycles. The Morgan fingerprint density at radius 1 is 1.19 bits per heavy atom. The molecule has 2 heterocycles. The van der Waals surface area contributed by atoms with Crippen molar-refractivity contribution < 1.29 is 4.79 Å². The van der Waals surface area contributed by atoms with Gasteiger partial charge in [-0.05, 0) is 57.2 Å². The fourth-order valence-corrected chi connectivity index (χ4v) is 4.70. The van der Waals surface area contributed by atoms with Gasteiger partial charge in [-0.1, -0.05) is 12.8 Å². The number of thiophene rings is 1. The number of hydrogen-bond donors (Lipinski definition) is 1. The van der Waals surface area contributed by atoms with Gasteiger partial charge in [0.15, 0.2) is 0 Å². The maximum atomic E-state index is 12.7. The minimum absolute atomic E-state index is 0.265. The van der Waals surface area contributed by atoms with Crippen LogP contribution in [0.3, 0.4) is 0 Å². The first-order valence-electron chi connectivity index (χ1n) is 8.36. The smallest absolute Gasteiger partial charge is 0.263 e. The third kappa shape index (κ3) is 3.49. The van der Waals surface area contributed by atoms with Crippen molar-refractivity contribution >= 4 is 17.2 Å². The van der Waals surface area contributed by atoms with E-state index in [1.807, 2.05) is 11.9 Å². The zero-order valence-electron chi connectivity index (χ0n) is 13.0. The molecule has 0 unspecified atom stereocenters. The van der Waals surface area contributed by atoms with E-state index in [4.69, 9.17) is 0 Å². The Labute approximate surface area is 131 Å². The summed E-state index contributed by atoms with van der Waals surface area (Å²) in [6.45, 7) is 1.79. The second-order valence-electron chi connectivity index (χ2n) is 6.33. The Bertz CT molecular complexity index is 463. The highest BCUT2D eigenvalue weighted by atomic mass is 32.1. The predicted octanol–water partition coefficient (Wildman–Crippen LogP) is 3.23. The molecule has 4 heteroatoms. The van der Waals surface area contributed by atoms with E-state index in [1.165, 1.54) is 49.0 Å². The molecule has 0 spiro atoms. The lowest BCUT2D eigenvalue weighted by Gasteiger charge is -2.31. The Balaban J connectivity index is 1.69. The van der Waals surface area contributed by atoms with Crippen LogP contribution in [-0.4, -0.2) is 37.0 Å². The average Bonchev–Trinajstić information content (AvgIpc) is 2.89. The fraction of sp³-hybridized carbons (Fsp3) is 0.706. The highest BCUT2D eigenvalue weighted by molar-refractivity contribution is 7.14. The van der Waals surface area contributed by atoms with E-state index < -0.39 is 0 Å². The number of carbonyl (C=O) groups is 1. The number of aryl methyl sites for hydroxylation is 2. The van der Waals surface area contributed by atoms with Crippen molar-refractivity contribution in [3.63, 3.8) is 0 Å². The third-order valence-corrected chi connectivity index (χ3v) is 6.12. The molecule has 116 valence electrons. The Kier molecular flexibility index (Phi) is 4.96. The summed E-state index contributed by atoms with van der Waals surface area (Å²) in [5.74, 6) is 0.265. The van der Waals surface area contributed by atoms with Crippen molar-refractivity contribution in [1.29, 1.82) is 0 Å². The van der Waals surface area contributed by atoms with Crippen molar-refractivity contribution in [3.05, 3.63) is 21.4 Å². The minimum Gasteiger partial charge on any atom is -0.338 e. The second-order valence-corrected chi connectivity index (χ2v) is 7.47. The lowest BCUT2D eigenvalue weighted by atomic mass is 9.99. The normalized spacial score (nSPS) is 20.7. The molecule has 1 N–H and O–H groups in total. The van der Waals surface area contributed by atoms with Gasteiger partial charge in [-0.3, -0.25) is 4.79 Å². The van der Waals surface area contributed by atoms with Crippen LogP contribution in [0.2, 0.25) is 0 Å². The van der Waals surface area contributed by atoms with E-state index in [0.29, 0.717) is 6.04 Å². The number of carbonyl (C=O) groups excluding carboxylic acids is 1. The van der Waals surface area contributed by atoms with Gasteiger partial charge in [0.1, 0.15) is 0 Å². The van der Waals surface area contributed by atoms with Crippen LogP contribution in [0.15, 0.2) is 6.07 Å². The van der Waals surface area contributed by atoms with Crippen molar-refractivity contribution in [2.24, 2.45) is 0 Å². The van der Waals surface area contributed by atoms with E-state index in [9.17, 15) is 4.79 Å². The molecule has 1 aromatic rings. The quantitative estimate of drug-likeness (QED) is 0.910. The lowest BCUT2D eigenvalue weighted by Crippen LogP contribution is -2.43. The van der Waals surface area contributed by atoms with Gasteiger partial charge in [0.2, 0.25) is 0 Å². The van der Waals surface area contributed by atoms with E-state index in [0.717, 1.165) is 30.8 Å². The Morgan fingerprint density at radius 2 is 1.90 bits per heavy atom. The summed E-state index contributed by atoms with van der Waals surface area (Å²) in [7, 11) is 2.02. The van der Waals surface area contributed by atoms with Gasteiger partial charge in [-0.25, -0.2) is 0 Å². The van der Waals surface area contributed by atoms with Crippen LogP contribution in [0, 0.1) is 0 Å². The summed E-state index contributed by atoms with van der Waals surface area (Å²) in [6.07, 6.45) is 9.75. The summed E-state index contributed by atoms with van der Waals surface area (Å²) in [5, 5.41) is 3.32. The van der Waals surface area contributed by atoms with Crippen LogP contribution < -0.4 is 5.32 Å². The highest BCUT2D eigenvalue weighted by Crippen LogP contribution is 2.29. The number of fused-ring (bicyclic) bond motifs is 1. The molecule has 3 rings (SSSR count). The number of rotatable bonds is 2. The number of hydrogen-bond acceptors (Lipinski definition) is 3. The maximum absolute atomic E-state index is 12.7. The standard InChI is InChI=1S/C17H26N2OS/c1-18-14-8-10-19(11-9-14)17(20)16-12-13-6-4-2-3-5-7-15(13)21-16/h12,14,18H,2-11H2,1H3. The number of nitrogens with one attached hydrogen (secondary N) is 1. The van der Waals surface area contributed by atoms with Gasteiger partial charge in [0.05, 0.1) is 4.88 Å². The van der Waals surface area contributed by atoms with Crippen molar-refractivity contribution in [3.8, 4) is 0 Å². The zero-order valence-corrected chi connectivity index (χ0v) is 13.8. The summed E-state index contributed by atoms with van der Waals surface area (Å²) < 4.78 is 0. The molecule has 1 fully saturated rings. The molecule has 1 saturated heterocycles. The van der Waals surface area contributed by atoms with Crippen LogP contribution in [0.5, 0.6) is 0 Å². The van der Waals surface area contributed by atoms with Crippen LogP contribution in [-0.2, 0) is 12.8 Å². The summed E-state index contributed by atoms with van der Waals surface area (Å²) in [6, 6.07) is 2.77. The summed E-state index contributed by atoms with van der Waals surface area (Å²) in [5.41, 5.74) is 1.45. The number of nitrogens with zero attached hydrogens (tertiary/aromatic N) is 1. The fourth-order valence-electron chi connectivity index (χ4n) is 3.48. The largest absolute Gasteiger partial charge is 0.338 e. The first-order chi connectivity index (χ1) is 10.3. The topological polar surface area (TPSA) is 32.3 Å². The van der Waals surface area contributed by atoms with Crippen LogP contribution in [0.4, 0.5) is 0 Å². The molecule has 2 aliphatic rings. The summed E-state index contributed by atoms with van der Waals surface area (Å²) >= 11 is 1.76. The first-order valence-corrected chi connectivity index (χ1v) is 9.17. The third-order valence-electron chi connectivity index (χ3n) is 4.90. The molecule has 0 radical (unpaired) electrons.